The fourth-order valence-electron chi connectivity index (χ4n) is 3.34. The molecule has 3 aromatic rings. The Morgan fingerprint density at radius 2 is 2.00 bits per heavy atom. The van der Waals surface area contributed by atoms with Crippen LogP contribution in [-0.2, 0) is 13.5 Å². The number of carbonyl (C=O) groups is 1. The molecule has 0 saturated heterocycles. The first-order chi connectivity index (χ1) is 11.6. The van der Waals surface area contributed by atoms with E-state index in [0.29, 0.717) is 17.8 Å². The molecule has 1 amide bonds. The molecule has 2 heterocycles. The number of nitrogens with zero attached hydrogens (tertiary/aromatic N) is 3. The quantitative estimate of drug-likeness (QED) is 0.769. The van der Waals surface area contributed by atoms with Crippen LogP contribution in [0.3, 0.4) is 0 Å². The lowest BCUT2D eigenvalue weighted by molar-refractivity contribution is 0.0858. The van der Waals surface area contributed by atoms with Gasteiger partial charge in [0.05, 0.1) is 18.3 Å². The number of aliphatic hydroxyl groups is 1. The molecule has 24 heavy (non-hydrogen) atoms. The number of rotatable bonds is 3. The second-order valence-corrected chi connectivity index (χ2v) is 6.02. The normalized spacial score (nSPS) is 19.2. The highest BCUT2D eigenvalue weighted by atomic mass is 16.3. The van der Waals surface area contributed by atoms with Crippen LogP contribution in [0.1, 0.15) is 27.5 Å². The first-order valence-corrected chi connectivity index (χ1v) is 7.87. The summed E-state index contributed by atoms with van der Waals surface area (Å²) >= 11 is 0. The summed E-state index contributed by atoms with van der Waals surface area (Å²) in [5.74, 6) is 0.450. The van der Waals surface area contributed by atoms with E-state index in [-0.39, 0.29) is 5.91 Å². The lowest BCUT2D eigenvalue weighted by Gasteiger charge is -2.18. The first kappa shape index (κ1) is 14.7. The number of hydrogen-bond acceptors (Lipinski definition) is 3. The van der Waals surface area contributed by atoms with E-state index in [1.807, 2.05) is 53.4 Å². The van der Waals surface area contributed by atoms with Gasteiger partial charge in [-0.1, -0.05) is 24.3 Å². The van der Waals surface area contributed by atoms with Crippen molar-refractivity contribution in [1.82, 2.24) is 19.7 Å². The van der Waals surface area contributed by atoms with E-state index >= 15 is 0 Å². The van der Waals surface area contributed by atoms with E-state index in [9.17, 15) is 9.90 Å². The van der Waals surface area contributed by atoms with Crippen LogP contribution in [-0.4, -0.2) is 31.5 Å². The highest BCUT2D eigenvalue weighted by molar-refractivity contribution is 5.97. The second kappa shape index (κ2) is 5.65. The van der Waals surface area contributed by atoms with Gasteiger partial charge in [0.15, 0.2) is 0 Å². The molecule has 122 valence electrons. The first-order valence-electron chi connectivity index (χ1n) is 7.87. The number of nitrogens with one attached hydrogen (secondary N) is 1. The van der Waals surface area contributed by atoms with Crippen LogP contribution in [0.25, 0.3) is 5.82 Å². The van der Waals surface area contributed by atoms with Crippen LogP contribution in [0, 0.1) is 0 Å². The molecule has 0 fully saturated rings. The minimum Gasteiger partial charge on any atom is -0.390 e. The molecule has 2 N–H and O–H groups in total. The van der Waals surface area contributed by atoms with Gasteiger partial charge in [-0.2, -0.15) is 5.10 Å². The topological polar surface area (TPSA) is 72.1 Å². The maximum Gasteiger partial charge on any atom is 0.257 e. The van der Waals surface area contributed by atoms with Gasteiger partial charge in [0.2, 0.25) is 0 Å². The molecule has 2 aromatic heterocycles. The molecular weight excluding hydrogens is 304 g/mol. The number of aromatic nitrogens is 3. The number of carbonyl (C=O) groups excluding carboxylic acids is 1. The van der Waals surface area contributed by atoms with Gasteiger partial charge in [0, 0.05) is 25.9 Å². The lowest BCUT2D eigenvalue weighted by atomic mass is 10.1. The van der Waals surface area contributed by atoms with E-state index in [2.05, 4.69) is 10.4 Å². The molecule has 1 aliphatic rings. The van der Waals surface area contributed by atoms with Gasteiger partial charge >= 0.3 is 0 Å². The van der Waals surface area contributed by atoms with Crippen molar-refractivity contribution in [3.05, 3.63) is 71.7 Å². The van der Waals surface area contributed by atoms with Gasteiger partial charge in [0.25, 0.3) is 5.91 Å². The molecule has 2 unspecified atom stereocenters. The summed E-state index contributed by atoms with van der Waals surface area (Å²) in [6.07, 6.45) is 5.23. The van der Waals surface area contributed by atoms with Crippen molar-refractivity contribution >= 4 is 5.91 Å². The molecule has 2 atom stereocenters. The van der Waals surface area contributed by atoms with Crippen LogP contribution in [0.2, 0.25) is 0 Å². The van der Waals surface area contributed by atoms with Crippen LogP contribution in [0.15, 0.2) is 55.0 Å². The zero-order valence-corrected chi connectivity index (χ0v) is 13.3. The SMILES string of the molecule is Cn1ncc(C(=O)NC2c3ccccc3CC2O)c1-n1cccc1. The summed E-state index contributed by atoms with van der Waals surface area (Å²) in [7, 11) is 1.80. The number of aliphatic hydroxyl groups excluding tert-OH is 1. The predicted octanol–water partition coefficient (Wildman–Crippen LogP) is 1.60. The van der Waals surface area contributed by atoms with Crippen molar-refractivity contribution in [1.29, 1.82) is 0 Å². The van der Waals surface area contributed by atoms with E-state index in [0.717, 1.165) is 11.1 Å². The molecule has 0 radical (unpaired) electrons. The maximum absolute atomic E-state index is 12.8. The molecule has 1 aromatic carbocycles. The number of benzene rings is 1. The van der Waals surface area contributed by atoms with Gasteiger partial charge in [-0.3, -0.25) is 9.48 Å². The lowest BCUT2D eigenvalue weighted by Crippen LogP contribution is -2.34. The van der Waals surface area contributed by atoms with Crippen molar-refractivity contribution in [2.75, 3.05) is 0 Å². The molecule has 1 aliphatic carbocycles. The number of hydrogen-bond donors (Lipinski definition) is 2. The van der Waals surface area contributed by atoms with Crippen molar-refractivity contribution in [3.63, 3.8) is 0 Å². The molecule has 4 rings (SSSR count). The van der Waals surface area contributed by atoms with Crippen molar-refractivity contribution in [2.45, 2.75) is 18.6 Å². The molecule has 6 heteroatoms. The number of amides is 1. The van der Waals surface area contributed by atoms with E-state index < -0.39 is 12.1 Å². The van der Waals surface area contributed by atoms with Gasteiger partial charge in [0.1, 0.15) is 11.4 Å². The van der Waals surface area contributed by atoms with Gasteiger partial charge in [-0.05, 0) is 23.3 Å². The zero-order valence-electron chi connectivity index (χ0n) is 13.3. The highest BCUT2D eigenvalue weighted by Crippen LogP contribution is 2.31. The molecule has 0 saturated carbocycles. The van der Waals surface area contributed by atoms with Crippen molar-refractivity contribution < 1.29 is 9.90 Å². The summed E-state index contributed by atoms with van der Waals surface area (Å²) in [5, 5.41) is 17.5. The van der Waals surface area contributed by atoms with Crippen LogP contribution in [0.5, 0.6) is 0 Å². The Morgan fingerprint density at radius 3 is 2.79 bits per heavy atom. The Hall–Kier alpha value is -2.86. The van der Waals surface area contributed by atoms with E-state index in [1.54, 1.807) is 17.9 Å². The average Bonchev–Trinajstić information content (AvgIpc) is 3.27. The predicted molar refractivity (Wildman–Crippen MR) is 88.9 cm³/mol. The molecule has 0 spiro atoms. The summed E-state index contributed by atoms with van der Waals surface area (Å²) < 4.78 is 3.51. The molecular formula is C18H18N4O2. The Balaban J connectivity index is 1.65. The molecule has 6 nitrogen and oxygen atoms in total. The molecule has 0 bridgehead atoms. The third kappa shape index (κ3) is 2.32. The minimum atomic E-state index is -0.613. The highest BCUT2D eigenvalue weighted by Gasteiger charge is 2.33. The fraction of sp³-hybridized carbons (Fsp3) is 0.222. The number of aryl methyl sites for hydroxylation is 1. The summed E-state index contributed by atoms with van der Waals surface area (Å²) in [5.41, 5.74) is 2.53. The third-order valence-corrected chi connectivity index (χ3v) is 4.49. The van der Waals surface area contributed by atoms with Gasteiger partial charge in [-0.15, -0.1) is 0 Å². The number of fused-ring (bicyclic) bond motifs is 1. The zero-order chi connectivity index (χ0) is 16.7. The third-order valence-electron chi connectivity index (χ3n) is 4.49. The Labute approximate surface area is 139 Å². The van der Waals surface area contributed by atoms with Crippen molar-refractivity contribution in [3.8, 4) is 5.82 Å². The van der Waals surface area contributed by atoms with Gasteiger partial charge in [-0.25, -0.2) is 0 Å². The van der Waals surface area contributed by atoms with E-state index in [1.165, 1.54) is 0 Å². The Bertz CT molecular complexity index is 882. The minimum absolute atomic E-state index is 0.243. The van der Waals surface area contributed by atoms with Crippen LogP contribution < -0.4 is 5.32 Å². The largest absolute Gasteiger partial charge is 0.390 e. The summed E-state index contributed by atoms with van der Waals surface area (Å²) in [4.78, 5) is 12.8. The average molecular weight is 322 g/mol. The van der Waals surface area contributed by atoms with Gasteiger partial charge < -0.3 is 15.0 Å². The second-order valence-electron chi connectivity index (χ2n) is 6.02. The smallest absolute Gasteiger partial charge is 0.257 e. The summed E-state index contributed by atoms with van der Waals surface area (Å²) in [6.45, 7) is 0. The van der Waals surface area contributed by atoms with Crippen LogP contribution >= 0.6 is 0 Å². The van der Waals surface area contributed by atoms with Crippen molar-refractivity contribution in [2.24, 2.45) is 7.05 Å². The van der Waals surface area contributed by atoms with E-state index in [4.69, 9.17) is 0 Å². The standard InChI is InChI=1S/C18H18N4O2/c1-21-18(22-8-4-5-9-22)14(11-19-21)17(24)20-16-13-7-3-2-6-12(13)10-15(16)23/h2-9,11,15-16,23H,10H2,1H3,(H,20,24). The Morgan fingerprint density at radius 1 is 1.25 bits per heavy atom. The maximum atomic E-state index is 12.8. The fourth-order valence-corrected chi connectivity index (χ4v) is 3.34. The summed E-state index contributed by atoms with van der Waals surface area (Å²) in [6, 6.07) is 11.2. The molecule has 0 aliphatic heterocycles. The van der Waals surface area contributed by atoms with Crippen LogP contribution in [0.4, 0.5) is 0 Å². The monoisotopic (exact) mass is 322 g/mol. The Kier molecular flexibility index (Phi) is 3.46.